The van der Waals surface area contributed by atoms with E-state index < -0.39 is 26.6 Å². The molecule has 0 aliphatic heterocycles. The molecule has 0 bridgehead atoms. The number of aliphatic hydroxyl groups is 1. The standard InChI is InChI=1S/C14H21BrN4O8S/c1-28(25,26)27-7-5-18(4-2-15)13-11(14(21)16-3-6-20)8-10(17-22)9-12(13)19(23)24/h8-9,17,20,22H,2-7H2,1H3,(H,16,21). The van der Waals surface area contributed by atoms with Crippen molar-refractivity contribution in [2.45, 2.75) is 0 Å². The Bertz CT molecular complexity index is 805. The molecule has 0 fully saturated rings. The fourth-order valence-electron chi connectivity index (χ4n) is 2.33. The summed E-state index contributed by atoms with van der Waals surface area (Å²) < 4.78 is 27.1. The third-order valence-electron chi connectivity index (χ3n) is 3.39. The monoisotopic (exact) mass is 484 g/mol. The van der Waals surface area contributed by atoms with E-state index in [-0.39, 0.29) is 49.8 Å². The van der Waals surface area contributed by atoms with Gasteiger partial charge in [0.05, 0.1) is 35.6 Å². The summed E-state index contributed by atoms with van der Waals surface area (Å²) in [4.78, 5) is 24.8. The van der Waals surface area contributed by atoms with Crippen LogP contribution in [-0.2, 0) is 14.3 Å². The lowest BCUT2D eigenvalue weighted by Gasteiger charge is -2.26. The van der Waals surface area contributed by atoms with Crippen LogP contribution in [0.1, 0.15) is 10.4 Å². The first kappa shape index (κ1) is 24.0. The number of amides is 1. The Hall–Kier alpha value is -2.00. The Balaban J connectivity index is 3.45. The normalized spacial score (nSPS) is 11.1. The fraction of sp³-hybridized carbons (Fsp3) is 0.500. The molecular formula is C14H21BrN4O8S. The van der Waals surface area contributed by atoms with Gasteiger partial charge in [-0.1, -0.05) is 15.9 Å². The Morgan fingerprint density at radius 3 is 2.57 bits per heavy atom. The fourth-order valence-corrected chi connectivity index (χ4v) is 3.13. The van der Waals surface area contributed by atoms with E-state index in [0.717, 1.165) is 12.3 Å². The summed E-state index contributed by atoms with van der Waals surface area (Å²) in [6.45, 7) is -0.584. The van der Waals surface area contributed by atoms with Gasteiger partial charge in [-0.3, -0.25) is 29.8 Å². The van der Waals surface area contributed by atoms with Crippen molar-refractivity contribution in [3.63, 3.8) is 0 Å². The molecular weight excluding hydrogens is 464 g/mol. The van der Waals surface area contributed by atoms with E-state index in [4.69, 9.17) is 14.5 Å². The van der Waals surface area contributed by atoms with Crippen LogP contribution in [0.3, 0.4) is 0 Å². The molecule has 1 aromatic rings. The SMILES string of the molecule is CS(=O)(=O)OCCN(CCBr)c1c(C(=O)NCCO)cc(NO)cc1[N+](=O)[O-]. The highest BCUT2D eigenvalue weighted by Gasteiger charge is 2.28. The number of hydrogen-bond donors (Lipinski definition) is 4. The van der Waals surface area contributed by atoms with Gasteiger partial charge in [-0.15, -0.1) is 0 Å². The van der Waals surface area contributed by atoms with Crippen LogP contribution in [-0.4, -0.2) is 74.0 Å². The van der Waals surface area contributed by atoms with Crippen LogP contribution in [0.2, 0.25) is 0 Å². The highest BCUT2D eigenvalue weighted by Crippen LogP contribution is 2.35. The number of rotatable bonds is 12. The lowest BCUT2D eigenvalue weighted by molar-refractivity contribution is -0.384. The zero-order valence-corrected chi connectivity index (χ0v) is 17.3. The number of nitro benzene ring substituents is 1. The van der Waals surface area contributed by atoms with Gasteiger partial charge in [-0.2, -0.15) is 8.42 Å². The maximum absolute atomic E-state index is 12.5. The zero-order chi connectivity index (χ0) is 21.3. The maximum atomic E-state index is 12.5. The van der Waals surface area contributed by atoms with Crippen molar-refractivity contribution in [1.29, 1.82) is 0 Å². The number of carbonyl (C=O) groups is 1. The van der Waals surface area contributed by atoms with Gasteiger partial charge in [0.25, 0.3) is 21.7 Å². The van der Waals surface area contributed by atoms with Crippen LogP contribution in [0.25, 0.3) is 0 Å². The van der Waals surface area contributed by atoms with E-state index in [2.05, 4.69) is 21.2 Å². The van der Waals surface area contributed by atoms with Crippen LogP contribution in [0.5, 0.6) is 0 Å². The molecule has 0 aliphatic carbocycles. The second kappa shape index (κ2) is 11.1. The number of halogens is 1. The second-order valence-corrected chi connectivity index (χ2v) is 7.88. The lowest BCUT2D eigenvalue weighted by atomic mass is 10.1. The first-order chi connectivity index (χ1) is 13.1. The molecule has 1 amide bonds. The summed E-state index contributed by atoms with van der Waals surface area (Å²) in [5.74, 6) is -0.715. The number of benzene rings is 1. The number of nitro groups is 1. The third-order valence-corrected chi connectivity index (χ3v) is 4.34. The molecule has 1 aromatic carbocycles. The molecule has 0 aliphatic rings. The highest BCUT2D eigenvalue weighted by molar-refractivity contribution is 9.09. The van der Waals surface area contributed by atoms with E-state index in [9.17, 15) is 23.3 Å². The molecule has 0 heterocycles. The number of alkyl halides is 1. The summed E-state index contributed by atoms with van der Waals surface area (Å²) >= 11 is 3.22. The van der Waals surface area contributed by atoms with Crippen LogP contribution in [0.4, 0.5) is 17.1 Å². The number of anilines is 2. The van der Waals surface area contributed by atoms with Crippen molar-refractivity contribution in [3.8, 4) is 0 Å². The molecule has 0 spiro atoms. The van der Waals surface area contributed by atoms with Gasteiger partial charge in [0.15, 0.2) is 0 Å². The van der Waals surface area contributed by atoms with Crippen LogP contribution < -0.4 is 15.7 Å². The number of nitrogens with zero attached hydrogens (tertiary/aromatic N) is 2. The molecule has 0 saturated carbocycles. The third kappa shape index (κ3) is 7.20. The topological polar surface area (TPSA) is 171 Å². The minimum absolute atomic E-state index is 0.0638. The molecule has 0 aromatic heterocycles. The van der Waals surface area contributed by atoms with Gasteiger partial charge in [0.2, 0.25) is 0 Å². The van der Waals surface area contributed by atoms with E-state index in [1.54, 1.807) is 5.48 Å². The first-order valence-electron chi connectivity index (χ1n) is 7.91. The average molecular weight is 485 g/mol. The second-order valence-electron chi connectivity index (χ2n) is 5.44. The predicted molar refractivity (Wildman–Crippen MR) is 105 cm³/mol. The summed E-state index contributed by atoms with van der Waals surface area (Å²) in [5, 5.41) is 32.4. The number of carbonyl (C=O) groups excluding carboxylic acids is 1. The molecule has 0 saturated heterocycles. The van der Waals surface area contributed by atoms with Gasteiger partial charge < -0.3 is 15.3 Å². The van der Waals surface area contributed by atoms with E-state index >= 15 is 0 Å². The van der Waals surface area contributed by atoms with E-state index in [0.29, 0.717) is 5.33 Å². The summed E-state index contributed by atoms with van der Waals surface area (Å²) in [7, 11) is -3.71. The summed E-state index contributed by atoms with van der Waals surface area (Å²) in [6.07, 6.45) is 0.875. The minimum atomic E-state index is -3.71. The molecule has 12 nitrogen and oxygen atoms in total. The average Bonchev–Trinajstić information content (AvgIpc) is 2.63. The molecule has 0 unspecified atom stereocenters. The molecule has 158 valence electrons. The van der Waals surface area contributed by atoms with Gasteiger partial charge in [0.1, 0.15) is 5.69 Å². The maximum Gasteiger partial charge on any atom is 0.295 e. The molecule has 28 heavy (non-hydrogen) atoms. The van der Waals surface area contributed by atoms with Crippen LogP contribution >= 0.6 is 15.9 Å². The highest BCUT2D eigenvalue weighted by atomic mass is 79.9. The van der Waals surface area contributed by atoms with Crippen molar-refractivity contribution in [1.82, 2.24) is 5.32 Å². The summed E-state index contributed by atoms with van der Waals surface area (Å²) in [5.41, 5.74) is 0.991. The van der Waals surface area contributed by atoms with Gasteiger partial charge in [-0.05, 0) is 6.07 Å². The van der Waals surface area contributed by atoms with Crippen molar-refractivity contribution in [2.75, 3.05) is 54.8 Å². The molecule has 0 radical (unpaired) electrons. The molecule has 14 heteroatoms. The molecule has 0 atom stereocenters. The first-order valence-corrected chi connectivity index (χ1v) is 10.8. The zero-order valence-electron chi connectivity index (χ0n) is 14.9. The van der Waals surface area contributed by atoms with Gasteiger partial charge in [0, 0.05) is 31.0 Å². The Kier molecular flexibility index (Phi) is 9.54. The van der Waals surface area contributed by atoms with Crippen molar-refractivity contribution < 1.29 is 32.6 Å². The van der Waals surface area contributed by atoms with Crippen molar-refractivity contribution in [2.24, 2.45) is 0 Å². The molecule has 4 N–H and O–H groups in total. The number of aliphatic hydroxyl groups excluding tert-OH is 1. The summed E-state index contributed by atoms with van der Waals surface area (Å²) in [6, 6.07) is 2.24. The quantitative estimate of drug-likeness (QED) is 0.140. The van der Waals surface area contributed by atoms with Crippen LogP contribution in [0, 0.1) is 10.1 Å². The predicted octanol–water partition coefficient (Wildman–Crippen LogP) is 0.296. The Morgan fingerprint density at radius 2 is 2.07 bits per heavy atom. The van der Waals surface area contributed by atoms with Gasteiger partial charge in [-0.25, -0.2) is 0 Å². The minimum Gasteiger partial charge on any atom is -0.395 e. The van der Waals surface area contributed by atoms with Crippen molar-refractivity contribution >= 4 is 49.0 Å². The smallest absolute Gasteiger partial charge is 0.295 e. The van der Waals surface area contributed by atoms with E-state index in [1.807, 2.05) is 0 Å². The molecule has 1 rings (SSSR count). The van der Waals surface area contributed by atoms with Crippen LogP contribution in [0.15, 0.2) is 12.1 Å². The Labute approximate surface area is 169 Å². The number of nitrogens with one attached hydrogen (secondary N) is 2. The van der Waals surface area contributed by atoms with Crippen molar-refractivity contribution in [3.05, 3.63) is 27.8 Å². The van der Waals surface area contributed by atoms with E-state index in [1.165, 1.54) is 11.0 Å². The largest absolute Gasteiger partial charge is 0.395 e. The lowest BCUT2D eigenvalue weighted by Crippen LogP contribution is -2.34. The number of hydrogen-bond acceptors (Lipinski definition) is 10. The van der Waals surface area contributed by atoms with Gasteiger partial charge >= 0.3 is 0 Å². The Morgan fingerprint density at radius 1 is 1.39 bits per heavy atom.